The Morgan fingerprint density at radius 3 is 2.30 bits per heavy atom. The van der Waals surface area contributed by atoms with Crippen LogP contribution in [0.5, 0.6) is 0 Å². The van der Waals surface area contributed by atoms with Crippen molar-refractivity contribution in [2.75, 3.05) is 0 Å². The van der Waals surface area contributed by atoms with Crippen molar-refractivity contribution in [3.05, 3.63) is 11.6 Å². The Morgan fingerprint density at radius 1 is 1.00 bits per heavy atom. The first-order valence-corrected chi connectivity index (χ1v) is 15.5. The number of hydrogen-bond acceptors (Lipinski definition) is 2. The predicted octanol–water partition coefficient (Wildman–Crippen LogP) is 7.54. The van der Waals surface area contributed by atoms with Gasteiger partial charge in [0.25, 0.3) is 0 Å². The number of ketones is 1. The minimum atomic E-state index is -1.76. The van der Waals surface area contributed by atoms with E-state index in [1.165, 1.54) is 37.7 Å². The summed E-state index contributed by atoms with van der Waals surface area (Å²) < 4.78 is 7.07. The van der Waals surface area contributed by atoms with E-state index in [2.05, 4.69) is 67.6 Å². The quantitative estimate of drug-likeness (QED) is 0.334. The lowest BCUT2D eigenvalue weighted by Crippen LogP contribution is -2.55. The van der Waals surface area contributed by atoms with E-state index in [0.717, 1.165) is 30.6 Å². The minimum absolute atomic E-state index is 0.222. The molecule has 1 unspecified atom stereocenters. The Balaban J connectivity index is 1.62. The van der Waals surface area contributed by atoms with E-state index in [1.807, 2.05) is 0 Å². The Kier molecular flexibility index (Phi) is 5.16. The molecule has 3 saturated carbocycles. The molecule has 0 spiro atoms. The van der Waals surface area contributed by atoms with Crippen LogP contribution in [0.3, 0.4) is 0 Å². The Bertz CT molecular complexity index is 757. The second-order valence-electron chi connectivity index (χ2n) is 13.7. The van der Waals surface area contributed by atoms with Gasteiger partial charge in [-0.15, -0.1) is 0 Å². The summed E-state index contributed by atoms with van der Waals surface area (Å²) in [7, 11) is -1.76. The van der Waals surface area contributed by atoms with E-state index in [0.29, 0.717) is 17.3 Å². The molecular formula is C27H46O2Si. The molecule has 0 aromatic carbocycles. The lowest BCUT2D eigenvalue weighted by molar-refractivity contribution is -0.132. The first kappa shape index (κ1) is 22.8. The van der Waals surface area contributed by atoms with Crippen molar-refractivity contribution in [3.8, 4) is 0 Å². The van der Waals surface area contributed by atoms with Gasteiger partial charge in [-0.05, 0) is 99.1 Å². The molecule has 0 aromatic heterocycles. The molecule has 4 aliphatic carbocycles. The molecule has 6 atom stereocenters. The van der Waals surface area contributed by atoms with Crippen molar-refractivity contribution in [2.45, 2.75) is 118 Å². The summed E-state index contributed by atoms with van der Waals surface area (Å²) in [5.41, 5.74) is 1.77. The van der Waals surface area contributed by atoms with Crippen molar-refractivity contribution in [1.82, 2.24) is 0 Å². The molecule has 170 valence electrons. The van der Waals surface area contributed by atoms with Crippen LogP contribution in [0.25, 0.3) is 0 Å². The smallest absolute Gasteiger partial charge is 0.192 e. The van der Waals surface area contributed by atoms with Crippen molar-refractivity contribution < 1.29 is 9.22 Å². The predicted molar refractivity (Wildman–Crippen MR) is 128 cm³/mol. The van der Waals surface area contributed by atoms with Gasteiger partial charge in [-0.3, -0.25) is 4.79 Å². The van der Waals surface area contributed by atoms with E-state index >= 15 is 0 Å². The van der Waals surface area contributed by atoms with Gasteiger partial charge in [0, 0.05) is 11.8 Å². The van der Waals surface area contributed by atoms with Gasteiger partial charge in [-0.25, -0.2) is 0 Å². The van der Waals surface area contributed by atoms with Crippen molar-refractivity contribution in [1.29, 1.82) is 0 Å². The molecule has 30 heavy (non-hydrogen) atoms. The maximum absolute atomic E-state index is 12.7. The number of hydrogen-bond donors (Lipinski definition) is 0. The molecule has 4 aliphatic rings. The molecule has 0 saturated heterocycles. The highest BCUT2D eigenvalue weighted by Gasteiger charge is 2.61. The number of carbonyl (C=O) groups excluding carboxylic acids is 1. The Morgan fingerprint density at radius 2 is 1.67 bits per heavy atom. The lowest BCUT2D eigenvalue weighted by Gasteiger charge is -2.60. The van der Waals surface area contributed by atoms with Crippen LogP contribution in [-0.2, 0) is 9.22 Å². The summed E-state index contributed by atoms with van der Waals surface area (Å²) >= 11 is 0. The van der Waals surface area contributed by atoms with Crippen LogP contribution >= 0.6 is 0 Å². The summed E-state index contributed by atoms with van der Waals surface area (Å²) in [6, 6.07) is 0. The van der Waals surface area contributed by atoms with E-state index < -0.39 is 8.32 Å². The molecule has 2 nitrogen and oxygen atoms in total. The third-order valence-electron chi connectivity index (χ3n) is 10.9. The molecule has 0 amide bonds. The van der Waals surface area contributed by atoms with Gasteiger partial charge in [0.05, 0.1) is 6.10 Å². The maximum Gasteiger partial charge on any atom is 0.192 e. The minimum Gasteiger partial charge on any atom is -0.413 e. The van der Waals surface area contributed by atoms with Crippen molar-refractivity contribution >= 4 is 14.1 Å². The van der Waals surface area contributed by atoms with Crippen LogP contribution in [-0.4, -0.2) is 20.2 Å². The van der Waals surface area contributed by atoms with Crippen LogP contribution < -0.4 is 0 Å². The molecule has 0 bridgehead atoms. The molecule has 0 radical (unpaired) electrons. The SMILES string of the molecule is CC1(C)C(=O)CC[C@@]2(C)C1=CC[C@@H]1[C@H]2CC[C@]2(C)C(O[Si](C)(C)C(C)(C)C)CC[C@@H]12. The Labute approximate surface area is 186 Å². The number of fused-ring (bicyclic) bond motifs is 5. The molecule has 3 fully saturated rings. The largest absolute Gasteiger partial charge is 0.413 e. The monoisotopic (exact) mass is 430 g/mol. The van der Waals surface area contributed by atoms with Gasteiger partial charge in [0.15, 0.2) is 8.32 Å². The fourth-order valence-electron chi connectivity index (χ4n) is 7.90. The summed E-state index contributed by atoms with van der Waals surface area (Å²) in [6.07, 6.45) is 11.2. The van der Waals surface area contributed by atoms with Crippen LogP contribution in [0.15, 0.2) is 11.6 Å². The van der Waals surface area contributed by atoms with Gasteiger partial charge in [-0.2, -0.15) is 0 Å². The van der Waals surface area contributed by atoms with E-state index in [-0.39, 0.29) is 15.9 Å². The fraction of sp³-hybridized carbons (Fsp3) is 0.889. The van der Waals surface area contributed by atoms with Crippen LogP contribution in [0.2, 0.25) is 18.1 Å². The summed E-state index contributed by atoms with van der Waals surface area (Å²) in [5, 5.41) is 0.273. The highest BCUT2D eigenvalue weighted by Crippen LogP contribution is 2.67. The number of rotatable bonds is 2. The standard InChI is InChI=1S/C27H46O2Si/c1-24(2,3)30(8,9)29-23-13-11-19-18-10-12-21-25(4,5)22(28)15-17-26(21,6)20(18)14-16-27(19,23)7/h12,18-20,23H,10-11,13-17H2,1-9H3/t18-,19-,20+,23?,26+,27-/m0/s1. The normalized spacial score (nSPS) is 43.5. The van der Waals surface area contributed by atoms with Crippen LogP contribution in [0.1, 0.15) is 93.4 Å². The highest BCUT2D eigenvalue weighted by molar-refractivity contribution is 6.74. The molecule has 3 heteroatoms. The first-order valence-electron chi connectivity index (χ1n) is 12.6. The van der Waals surface area contributed by atoms with Gasteiger partial charge < -0.3 is 4.43 Å². The van der Waals surface area contributed by atoms with Gasteiger partial charge in [-0.1, -0.05) is 46.3 Å². The second kappa shape index (κ2) is 6.79. The molecule has 0 heterocycles. The number of carbonyl (C=O) groups is 1. The van der Waals surface area contributed by atoms with Crippen molar-refractivity contribution in [2.24, 2.45) is 34.0 Å². The number of Topliss-reactive ketones (excluding diaryl/α,β-unsaturated/α-hetero) is 1. The van der Waals surface area contributed by atoms with Gasteiger partial charge >= 0.3 is 0 Å². The van der Waals surface area contributed by atoms with E-state index in [9.17, 15) is 4.79 Å². The van der Waals surface area contributed by atoms with Gasteiger partial charge in [0.2, 0.25) is 0 Å². The molecule has 0 N–H and O–H groups in total. The zero-order valence-electron chi connectivity index (χ0n) is 21.2. The average Bonchev–Trinajstić information content (AvgIpc) is 2.94. The third-order valence-corrected chi connectivity index (χ3v) is 15.3. The fourth-order valence-corrected chi connectivity index (χ4v) is 9.35. The van der Waals surface area contributed by atoms with E-state index in [4.69, 9.17) is 4.43 Å². The molecule has 0 aromatic rings. The maximum atomic E-state index is 12.7. The van der Waals surface area contributed by atoms with E-state index in [1.54, 1.807) is 0 Å². The first-order chi connectivity index (χ1) is 13.6. The zero-order valence-corrected chi connectivity index (χ0v) is 22.2. The Hall–Kier alpha value is -0.413. The molecular weight excluding hydrogens is 384 g/mol. The lowest BCUT2D eigenvalue weighted by atomic mass is 9.45. The van der Waals surface area contributed by atoms with Crippen LogP contribution in [0.4, 0.5) is 0 Å². The summed E-state index contributed by atoms with van der Waals surface area (Å²) in [4.78, 5) is 12.7. The summed E-state index contributed by atoms with van der Waals surface area (Å²) in [6.45, 7) is 21.4. The van der Waals surface area contributed by atoms with Crippen molar-refractivity contribution in [3.63, 3.8) is 0 Å². The highest BCUT2D eigenvalue weighted by atomic mass is 28.4. The molecule has 0 aliphatic heterocycles. The summed E-state index contributed by atoms with van der Waals surface area (Å²) in [5.74, 6) is 2.75. The van der Waals surface area contributed by atoms with Crippen LogP contribution in [0, 0.1) is 34.0 Å². The zero-order chi connectivity index (χ0) is 22.3. The number of allylic oxidation sites excluding steroid dienone is 2. The molecule has 4 rings (SSSR count). The second-order valence-corrected chi connectivity index (χ2v) is 18.4. The average molecular weight is 431 g/mol. The van der Waals surface area contributed by atoms with Gasteiger partial charge in [0.1, 0.15) is 5.78 Å². The topological polar surface area (TPSA) is 26.3 Å². The third kappa shape index (κ3) is 3.08.